The molecule has 2 aromatic carbocycles. The molecule has 4 aromatic rings. The number of H-pyrrole nitrogens is 1. The maximum absolute atomic E-state index is 13.1. The summed E-state index contributed by atoms with van der Waals surface area (Å²) < 4.78 is 18.7. The number of nitrogens with zero attached hydrogens (tertiary/aromatic N) is 2. The average Bonchev–Trinajstić information content (AvgIpc) is 3.26. The molecule has 0 spiro atoms. The molecule has 26 heavy (non-hydrogen) atoms. The molecule has 2 aromatic heterocycles. The number of carbonyl (C=O) groups excluding carboxylic acids is 1. The molecular weight excluding hydrogens is 355 g/mol. The Hall–Kier alpha value is -3.13. The van der Waals surface area contributed by atoms with Crippen molar-refractivity contribution in [1.82, 2.24) is 15.2 Å². The second kappa shape index (κ2) is 7.01. The van der Waals surface area contributed by atoms with Crippen LogP contribution in [-0.2, 0) is 4.79 Å². The normalized spacial score (nSPS) is 11.0. The summed E-state index contributed by atoms with van der Waals surface area (Å²) in [5, 5.41) is 11.9. The van der Waals surface area contributed by atoms with Crippen molar-refractivity contribution in [3.05, 3.63) is 60.4 Å². The minimum Gasteiger partial charge on any atom is -0.410 e. The number of benzene rings is 2. The summed E-state index contributed by atoms with van der Waals surface area (Å²) in [6, 6.07) is 15.5. The molecule has 0 unspecified atom stereocenters. The summed E-state index contributed by atoms with van der Waals surface area (Å²) in [6.45, 7) is 0. The number of carbonyl (C=O) groups is 1. The van der Waals surface area contributed by atoms with Crippen LogP contribution in [0.5, 0.6) is 0 Å². The van der Waals surface area contributed by atoms with Crippen molar-refractivity contribution in [3.8, 4) is 11.6 Å². The van der Waals surface area contributed by atoms with E-state index in [2.05, 4.69) is 20.5 Å². The van der Waals surface area contributed by atoms with Crippen LogP contribution >= 0.6 is 11.8 Å². The summed E-state index contributed by atoms with van der Waals surface area (Å²) in [5.74, 6) is -0.263. The van der Waals surface area contributed by atoms with E-state index >= 15 is 0 Å². The van der Waals surface area contributed by atoms with Crippen LogP contribution in [0.25, 0.3) is 22.5 Å². The third-order valence-electron chi connectivity index (χ3n) is 3.60. The Balaban J connectivity index is 1.39. The highest BCUT2D eigenvalue weighted by molar-refractivity contribution is 7.99. The first-order valence-electron chi connectivity index (χ1n) is 7.77. The maximum atomic E-state index is 13.1. The van der Waals surface area contributed by atoms with Gasteiger partial charge in [-0.25, -0.2) is 4.39 Å². The molecule has 130 valence electrons. The van der Waals surface area contributed by atoms with Crippen molar-refractivity contribution in [2.45, 2.75) is 5.22 Å². The van der Waals surface area contributed by atoms with Gasteiger partial charge in [0.05, 0.1) is 5.75 Å². The zero-order valence-electron chi connectivity index (χ0n) is 13.4. The molecule has 0 atom stereocenters. The lowest BCUT2D eigenvalue weighted by Crippen LogP contribution is -2.14. The summed E-state index contributed by atoms with van der Waals surface area (Å²) in [7, 11) is 0. The van der Waals surface area contributed by atoms with Crippen LogP contribution in [-0.4, -0.2) is 26.8 Å². The molecule has 0 saturated carbocycles. The molecule has 4 rings (SSSR count). The van der Waals surface area contributed by atoms with Crippen LogP contribution in [0.15, 0.2) is 64.2 Å². The maximum Gasteiger partial charge on any atom is 0.277 e. The number of anilines is 1. The third kappa shape index (κ3) is 3.60. The molecular formula is C18H13FN4O2S. The Labute approximate surface area is 151 Å². The van der Waals surface area contributed by atoms with Gasteiger partial charge in [0, 0.05) is 16.6 Å². The molecule has 2 N–H and O–H groups in total. The number of aromatic nitrogens is 3. The number of hydrogen-bond acceptors (Lipinski definition) is 5. The Bertz CT molecular complexity index is 1040. The number of halogens is 1. The number of nitrogens with one attached hydrogen (secondary N) is 2. The predicted molar refractivity (Wildman–Crippen MR) is 97.3 cm³/mol. The zero-order valence-corrected chi connectivity index (χ0v) is 14.2. The number of thioether (sulfide) groups is 1. The first-order chi connectivity index (χ1) is 12.7. The molecule has 8 heteroatoms. The van der Waals surface area contributed by atoms with Gasteiger partial charge in [-0.15, -0.1) is 10.2 Å². The third-order valence-corrected chi connectivity index (χ3v) is 4.42. The molecule has 0 radical (unpaired) electrons. The number of rotatable bonds is 5. The number of amides is 1. The number of fused-ring (bicyclic) bond motifs is 1. The second-order valence-electron chi connectivity index (χ2n) is 5.49. The predicted octanol–water partition coefficient (Wildman–Crippen LogP) is 4.09. The lowest BCUT2D eigenvalue weighted by molar-refractivity contribution is -0.113. The Morgan fingerprint density at radius 2 is 2.04 bits per heavy atom. The topological polar surface area (TPSA) is 83.8 Å². The highest BCUT2D eigenvalue weighted by Crippen LogP contribution is 2.26. The van der Waals surface area contributed by atoms with Crippen molar-refractivity contribution in [2.75, 3.05) is 11.1 Å². The smallest absolute Gasteiger partial charge is 0.277 e. The largest absolute Gasteiger partial charge is 0.410 e. The summed E-state index contributed by atoms with van der Waals surface area (Å²) in [5.41, 5.74) is 2.10. The number of aromatic amines is 1. The highest BCUT2D eigenvalue weighted by Gasteiger charge is 2.13. The van der Waals surface area contributed by atoms with Gasteiger partial charge in [-0.3, -0.25) is 4.79 Å². The molecule has 0 aliphatic heterocycles. The SMILES string of the molecule is O=C(CSc1nnc(-c2cc3ccccc3[nH]2)o1)Nc1cccc(F)c1. The lowest BCUT2D eigenvalue weighted by Gasteiger charge is -2.03. The highest BCUT2D eigenvalue weighted by atomic mass is 32.2. The molecule has 0 bridgehead atoms. The van der Waals surface area contributed by atoms with E-state index in [0.29, 0.717) is 11.6 Å². The van der Waals surface area contributed by atoms with Crippen LogP contribution in [0.2, 0.25) is 0 Å². The van der Waals surface area contributed by atoms with Gasteiger partial charge in [0.2, 0.25) is 5.91 Å². The van der Waals surface area contributed by atoms with E-state index < -0.39 is 5.82 Å². The molecule has 2 heterocycles. The average molecular weight is 368 g/mol. The minimum atomic E-state index is -0.407. The van der Waals surface area contributed by atoms with E-state index in [4.69, 9.17) is 4.42 Å². The molecule has 6 nitrogen and oxygen atoms in total. The standard InChI is InChI=1S/C18H13FN4O2S/c19-12-5-3-6-13(9-12)20-16(24)10-26-18-23-22-17(25-18)15-8-11-4-1-2-7-14(11)21-15/h1-9,21H,10H2,(H,20,24). The zero-order chi connectivity index (χ0) is 17.9. The fraction of sp³-hybridized carbons (Fsp3) is 0.0556. The van der Waals surface area contributed by atoms with E-state index in [1.165, 1.54) is 18.2 Å². The summed E-state index contributed by atoms with van der Waals surface area (Å²) >= 11 is 1.11. The van der Waals surface area contributed by atoms with Gasteiger partial charge < -0.3 is 14.7 Å². The van der Waals surface area contributed by atoms with Gasteiger partial charge in [-0.2, -0.15) is 0 Å². The Morgan fingerprint density at radius 3 is 2.88 bits per heavy atom. The fourth-order valence-electron chi connectivity index (χ4n) is 2.46. The van der Waals surface area contributed by atoms with Gasteiger partial charge in [-0.1, -0.05) is 36.0 Å². The summed E-state index contributed by atoms with van der Waals surface area (Å²) in [6.07, 6.45) is 0. The van der Waals surface area contributed by atoms with Crippen LogP contribution < -0.4 is 5.32 Å². The molecule has 0 aliphatic rings. The van der Waals surface area contributed by atoms with E-state index in [-0.39, 0.29) is 16.9 Å². The van der Waals surface area contributed by atoms with Crippen molar-refractivity contribution >= 4 is 34.3 Å². The van der Waals surface area contributed by atoms with E-state index in [1.54, 1.807) is 6.07 Å². The second-order valence-corrected chi connectivity index (χ2v) is 6.42. The first kappa shape index (κ1) is 16.3. The van der Waals surface area contributed by atoms with E-state index in [9.17, 15) is 9.18 Å². The van der Waals surface area contributed by atoms with Crippen molar-refractivity contribution < 1.29 is 13.6 Å². The van der Waals surface area contributed by atoms with Crippen LogP contribution in [0, 0.1) is 5.82 Å². The monoisotopic (exact) mass is 368 g/mol. The van der Waals surface area contributed by atoms with Crippen molar-refractivity contribution in [2.24, 2.45) is 0 Å². The lowest BCUT2D eigenvalue weighted by atomic mass is 10.2. The summed E-state index contributed by atoms with van der Waals surface area (Å²) in [4.78, 5) is 15.1. The Morgan fingerprint density at radius 1 is 1.15 bits per heavy atom. The number of para-hydroxylation sites is 1. The Kier molecular flexibility index (Phi) is 4.40. The van der Waals surface area contributed by atoms with Crippen molar-refractivity contribution in [1.29, 1.82) is 0 Å². The van der Waals surface area contributed by atoms with E-state index in [1.807, 2.05) is 30.3 Å². The molecule has 0 saturated heterocycles. The fourth-order valence-corrected chi connectivity index (χ4v) is 3.02. The van der Waals surface area contributed by atoms with Gasteiger partial charge in [0.25, 0.3) is 11.1 Å². The van der Waals surface area contributed by atoms with E-state index in [0.717, 1.165) is 28.4 Å². The minimum absolute atomic E-state index is 0.0743. The van der Waals surface area contributed by atoms with Crippen LogP contribution in [0.3, 0.4) is 0 Å². The van der Waals surface area contributed by atoms with Gasteiger partial charge in [0.15, 0.2) is 0 Å². The molecule has 0 aliphatic carbocycles. The van der Waals surface area contributed by atoms with Gasteiger partial charge >= 0.3 is 0 Å². The quantitative estimate of drug-likeness (QED) is 0.519. The van der Waals surface area contributed by atoms with Gasteiger partial charge in [-0.05, 0) is 30.3 Å². The first-order valence-corrected chi connectivity index (χ1v) is 8.76. The van der Waals surface area contributed by atoms with Gasteiger partial charge in [0.1, 0.15) is 11.5 Å². The van der Waals surface area contributed by atoms with Crippen LogP contribution in [0.4, 0.5) is 10.1 Å². The molecule has 0 fully saturated rings. The van der Waals surface area contributed by atoms with Crippen molar-refractivity contribution in [3.63, 3.8) is 0 Å². The number of hydrogen-bond donors (Lipinski definition) is 2. The molecule has 1 amide bonds. The van der Waals surface area contributed by atoms with Crippen LogP contribution in [0.1, 0.15) is 0 Å².